The van der Waals surface area contributed by atoms with E-state index in [0.29, 0.717) is 11.6 Å². The average molecular weight is 373 g/mol. The third-order valence-corrected chi connectivity index (χ3v) is 4.55. The highest BCUT2D eigenvalue weighted by Crippen LogP contribution is 2.18. The maximum Gasteiger partial charge on any atom is 0.174 e. The molecular weight excluding hydrogens is 350 g/mol. The van der Waals surface area contributed by atoms with Crippen LogP contribution in [0.15, 0.2) is 61.2 Å². The fourth-order valence-electron chi connectivity index (χ4n) is 3.15. The van der Waals surface area contributed by atoms with Gasteiger partial charge in [-0.25, -0.2) is 9.67 Å². The zero-order valence-corrected chi connectivity index (χ0v) is 16.2. The number of nitrogens with zero attached hydrogens (tertiary/aromatic N) is 6. The van der Waals surface area contributed by atoms with Crippen LogP contribution < -0.4 is 5.32 Å². The number of nitrogens with one attached hydrogen (secondary N) is 1. The number of hydrogen-bond donors (Lipinski definition) is 1. The van der Waals surface area contributed by atoms with Crippen molar-refractivity contribution in [2.45, 2.75) is 33.4 Å². The van der Waals surface area contributed by atoms with Gasteiger partial charge in [-0.2, -0.15) is 10.2 Å². The van der Waals surface area contributed by atoms with Crippen molar-refractivity contribution < 1.29 is 0 Å². The normalized spacial score (nSPS) is 12.1. The predicted octanol–water partition coefficient (Wildman–Crippen LogP) is 3.70. The van der Waals surface area contributed by atoms with Gasteiger partial charge in [0.1, 0.15) is 5.82 Å². The lowest BCUT2D eigenvalue weighted by Gasteiger charge is -2.13. The Bertz CT molecular complexity index is 1070. The van der Waals surface area contributed by atoms with Gasteiger partial charge in [-0.1, -0.05) is 30.3 Å². The topological polar surface area (TPSA) is 73.5 Å². The second-order valence-corrected chi connectivity index (χ2v) is 6.92. The van der Waals surface area contributed by atoms with Crippen molar-refractivity contribution in [1.82, 2.24) is 29.5 Å². The summed E-state index contributed by atoms with van der Waals surface area (Å²) >= 11 is 0. The molecule has 4 rings (SSSR count). The molecule has 0 spiro atoms. The highest BCUT2D eigenvalue weighted by Gasteiger charge is 2.11. The van der Waals surface area contributed by atoms with Crippen molar-refractivity contribution in [2.75, 3.05) is 5.32 Å². The minimum absolute atomic E-state index is 0.0505. The van der Waals surface area contributed by atoms with E-state index in [2.05, 4.69) is 50.7 Å². The Hall–Kier alpha value is -3.48. The molecular formula is C21H23N7. The van der Waals surface area contributed by atoms with Crippen molar-refractivity contribution >= 4 is 5.82 Å². The summed E-state index contributed by atoms with van der Waals surface area (Å²) in [6, 6.07) is 12.4. The van der Waals surface area contributed by atoms with Crippen molar-refractivity contribution in [3.8, 4) is 5.82 Å². The lowest BCUT2D eigenvalue weighted by atomic mass is 10.2. The maximum atomic E-state index is 4.66. The Morgan fingerprint density at radius 2 is 1.89 bits per heavy atom. The molecule has 3 heterocycles. The van der Waals surface area contributed by atoms with E-state index < -0.39 is 0 Å². The van der Waals surface area contributed by atoms with Gasteiger partial charge < -0.3 is 5.32 Å². The standard InChI is InChI=1S/C21H23N7/c1-15-9-16(2)28(26-15)21-12-22-11-20(25-21)24-17(3)19-10-23-27(14-19)13-18-7-5-4-6-8-18/h4-12,14,17H,13H2,1-3H3,(H,24,25). The molecule has 3 aromatic heterocycles. The van der Waals surface area contributed by atoms with E-state index >= 15 is 0 Å². The summed E-state index contributed by atoms with van der Waals surface area (Å²) in [5.74, 6) is 1.40. The summed E-state index contributed by atoms with van der Waals surface area (Å²) in [7, 11) is 0. The summed E-state index contributed by atoms with van der Waals surface area (Å²) in [6.45, 7) is 6.81. The van der Waals surface area contributed by atoms with Crippen LogP contribution in [0.25, 0.3) is 5.82 Å². The van der Waals surface area contributed by atoms with E-state index in [1.807, 2.05) is 49.0 Å². The van der Waals surface area contributed by atoms with E-state index in [9.17, 15) is 0 Å². The number of aryl methyl sites for hydroxylation is 2. The molecule has 28 heavy (non-hydrogen) atoms. The zero-order valence-electron chi connectivity index (χ0n) is 16.2. The Morgan fingerprint density at radius 1 is 1.07 bits per heavy atom. The number of anilines is 1. The fraction of sp³-hybridized carbons (Fsp3) is 0.238. The van der Waals surface area contributed by atoms with Crippen molar-refractivity contribution in [2.24, 2.45) is 0 Å². The molecule has 0 radical (unpaired) electrons. The first kappa shape index (κ1) is 17.9. The van der Waals surface area contributed by atoms with Gasteiger partial charge >= 0.3 is 0 Å². The minimum atomic E-state index is 0.0505. The second kappa shape index (κ2) is 7.64. The Labute approximate surface area is 164 Å². The van der Waals surface area contributed by atoms with Crippen LogP contribution in [0.1, 0.15) is 35.5 Å². The van der Waals surface area contributed by atoms with Crippen LogP contribution in [0.5, 0.6) is 0 Å². The average Bonchev–Trinajstić information content (AvgIpc) is 3.29. The Kier molecular flexibility index (Phi) is 4.89. The van der Waals surface area contributed by atoms with Crippen LogP contribution in [0.2, 0.25) is 0 Å². The third kappa shape index (κ3) is 3.93. The molecule has 142 valence electrons. The van der Waals surface area contributed by atoms with Gasteiger partial charge in [0, 0.05) is 17.5 Å². The number of benzene rings is 1. The molecule has 0 saturated carbocycles. The van der Waals surface area contributed by atoms with Gasteiger partial charge in [-0.15, -0.1) is 0 Å². The lowest BCUT2D eigenvalue weighted by molar-refractivity contribution is 0.685. The van der Waals surface area contributed by atoms with Crippen molar-refractivity contribution in [3.05, 3.63) is 83.7 Å². The van der Waals surface area contributed by atoms with E-state index in [0.717, 1.165) is 23.5 Å². The molecule has 0 amide bonds. The molecule has 1 aromatic carbocycles. The van der Waals surface area contributed by atoms with Crippen LogP contribution in [0, 0.1) is 13.8 Å². The molecule has 7 nitrogen and oxygen atoms in total. The first-order chi connectivity index (χ1) is 13.6. The molecule has 0 saturated heterocycles. The molecule has 1 atom stereocenters. The van der Waals surface area contributed by atoms with E-state index in [1.54, 1.807) is 17.1 Å². The van der Waals surface area contributed by atoms with Crippen LogP contribution in [-0.2, 0) is 6.54 Å². The third-order valence-electron chi connectivity index (χ3n) is 4.55. The fourth-order valence-corrected chi connectivity index (χ4v) is 3.15. The summed E-state index contributed by atoms with van der Waals surface area (Å²) in [5.41, 5.74) is 4.30. The Balaban J connectivity index is 1.47. The largest absolute Gasteiger partial charge is 0.362 e. The summed E-state index contributed by atoms with van der Waals surface area (Å²) in [5, 5.41) is 12.4. The molecule has 0 aliphatic rings. The molecule has 0 aliphatic carbocycles. The van der Waals surface area contributed by atoms with Crippen LogP contribution >= 0.6 is 0 Å². The van der Waals surface area contributed by atoms with Gasteiger partial charge in [-0.3, -0.25) is 9.67 Å². The molecule has 1 unspecified atom stereocenters. The second-order valence-electron chi connectivity index (χ2n) is 6.92. The molecule has 0 bridgehead atoms. The van der Waals surface area contributed by atoms with E-state index in [-0.39, 0.29) is 6.04 Å². The molecule has 1 N–H and O–H groups in total. The molecule has 0 aliphatic heterocycles. The van der Waals surface area contributed by atoms with E-state index in [4.69, 9.17) is 0 Å². The van der Waals surface area contributed by atoms with Crippen molar-refractivity contribution in [3.63, 3.8) is 0 Å². The lowest BCUT2D eigenvalue weighted by Crippen LogP contribution is -2.10. The van der Waals surface area contributed by atoms with Crippen LogP contribution in [-0.4, -0.2) is 29.5 Å². The van der Waals surface area contributed by atoms with Gasteiger partial charge in [0.25, 0.3) is 0 Å². The molecule has 4 aromatic rings. The number of hydrogen-bond acceptors (Lipinski definition) is 5. The van der Waals surface area contributed by atoms with E-state index in [1.165, 1.54) is 5.56 Å². The first-order valence-corrected chi connectivity index (χ1v) is 9.27. The van der Waals surface area contributed by atoms with Crippen LogP contribution in [0.4, 0.5) is 5.82 Å². The predicted molar refractivity (Wildman–Crippen MR) is 108 cm³/mol. The summed E-state index contributed by atoms with van der Waals surface area (Å²) in [4.78, 5) is 8.97. The quantitative estimate of drug-likeness (QED) is 0.558. The minimum Gasteiger partial charge on any atom is -0.362 e. The summed E-state index contributed by atoms with van der Waals surface area (Å²) < 4.78 is 3.75. The molecule has 7 heteroatoms. The van der Waals surface area contributed by atoms with Gasteiger partial charge in [0.2, 0.25) is 0 Å². The molecule has 0 fully saturated rings. The van der Waals surface area contributed by atoms with Crippen LogP contribution in [0.3, 0.4) is 0 Å². The SMILES string of the molecule is Cc1cc(C)n(-c2cncc(NC(C)c3cnn(Cc4ccccc4)c3)n2)n1. The highest BCUT2D eigenvalue weighted by molar-refractivity contribution is 5.39. The van der Waals surface area contributed by atoms with Gasteiger partial charge in [-0.05, 0) is 32.4 Å². The smallest absolute Gasteiger partial charge is 0.174 e. The Morgan fingerprint density at radius 3 is 2.64 bits per heavy atom. The van der Waals surface area contributed by atoms with Crippen molar-refractivity contribution in [1.29, 1.82) is 0 Å². The highest BCUT2D eigenvalue weighted by atomic mass is 15.3. The first-order valence-electron chi connectivity index (χ1n) is 9.27. The number of aromatic nitrogens is 6. The zero-order chi connectivity index (χ0) is 19.5. The summed E-state index contributed by atoms with van der Waals surface area (Å²) in [6.07, 6.45) is 7.38. The van der Waals surface area contributed by atoms with Gasteiger partial charge in [0.15, 0.2) is 5.82 Å². The van der Waals surface area contributed by atoms with Gasteiger partial charge in [0.05, 0.1) is 36.9 Å². The monoisotopic (exact) mass is 373 g/mol. The number of rotatable bonds is 6. The maximum absolute atomic E-state index is 4.66.